The third-order valence-electron chi connectivity index (χ3n) is 4.40. The van der Waals surface area contributed by atoms with Crippen LogP contribution in [0.15, 0.2) is 0 Å². The Balaban J connectivity index is 0. The first-order valence-electron chi connectivity index (χ1n) is 12.6. The normalized spacial score (nSPS) is 11.0. The maximum Gasteiger partial charge on any atom is 0.306 e. The number of esters is 5. The van der Waals surface area contributed by atoms with Crippen molar-refractivity contribution in [2.24, 2.45) is 10.8 Å². The van der Waals surface area contributed by atoms with Gasteiger partial charge in [0.1, 0.15) is 31.8 Å². The first-order chi connectivity index (χ1) is 18.8. The number of carbonyl (C=O) groups is 5. The second-order valence-electron chi connectivity index (χ2n) is 9.73. The summed E-state index contributed by atoms with van der Waals surface area (Å²) in [5, 5.41) is 0. The molecule has 0 aliphatic rings. The minimum Gasteiger partial charge on any atom is -0.465 e. The summed E-state index contributed by atoms with van der Waals surface area (Å²) in [6, 6.07) is 0. The lowest BCUT2D eigenvalue weighted by Crippen LogP contribution is -2.44. The van der Waals surface area contributed by atoms with Crippen molar-refractivity contribution in [2.45, 2.75) is 52.9 Å². The van der Waals surface area contributed by atoms with Crippen LogP contribution < -0.4 is 0 Å². The van der Waals surface area contributed by atoms with Crippen LogP contribution in [0.25, 0.3) is 0 Å². The van der Waals surface area contributed by atoms with Crippen LogP contribution in [-0.2, 0) is 47.7 Å². The highest BCUT2D eigenvalue weighted by atomic mass is 32.1. The molecular weight excluding hydrogens is 621 g/mol. The van der Waals surface area contributed by atoms with E-state index in [-0.39, 0.29) is 86.5 Å². The average Bonchev–Trinajstić information content (AvgIpc) is 2.87. The Morgan fingerprint density at radius 2 is 0.625 bits per heavy atom. The summed E-state index contributed by atoms with van der Waals surface area (Å²) < 4.78 is 25.8. The topological polar surface area (TPSA) is 132 Å². The second kappa shape index (κ2) is 24.7. The summed E-state index contributed by atoms with van der Waals surface area (Å²) in [7, 11) is 0. The highest BCUT2D eigenvalue weighted by molar-refractivity contribution is 7.80. The van der Waals surface area contributed by atoms with Gasteiger partial charge in [0.05, 0.1) is 38.7 Å². The predicted molar refractivity (Wildman–Crippen MR) is 169 cm³/mol. The van der Waals surface area contributed by atoms with Gasteiger partial charge in [0.15, 0.2) is 0 Å². The summed E-state index contributed by atoms with van der Waals surface area (Å²) in [6.07, 6.45) is 0.670. The van der Waals surface area contributed by atoms with Crippen LogP contribution in [0.5, 0.6) is 0 Å². The van der Waals surface area contributed by atoms with Gasteiger partial charge in [0.25, 0.3) is 0 Å². The van der Waals surface area contributed by atoms with Gasteiger partial charge < -0.3 is 23.7 Å². The van der Waals surface area contributed by atoms with Crippen LogP contribution in [-0.4, -0.2) is 91.6 Å². The highest BCUT2D eigenvalue weighted by Gasteiger charge is 2.37. The molecule has 0 saturated carbocycles. The molecule has 0 saturated heterocycles. The molecule has 0 amide bonds. The van der Waals surface area contributed by atoms with Crippen molar-refractivity contribution in [1.29, 1.82) is 0 Å². The van der Waals surface area contributed by atoms with Crippen molar-refractivity contribution in [3.63, 3.8) is 0 Å². The summed E-state index contributed by atoms with van der Waals surface area (Å²) in [6.45, 7) is 5.45. The van der Waals surface area contributed by atoms with Crippen LogP contribution >= 0.6 is 63.1 Å². The van der Waals surface area contributed by atoms with Crippen molar-refractivity contribution in [3.8, 4) is 0 Å². The minimum atomic E-state index is -1.25. The molecule has 0 aromatic heterocycles. The zero-order chi connectivity index (χ0) is 31.0. The number of rotatable bonds is 19. The molecule has 0 aromatic carbocycles. The van der Waals surface area contributed by atoms with Crippen molar-refractivity contribution in [3.05, 3.63) is 0 Å². The Morgan fingerprint density at radius 3 is 0.800 bits per heavy atom. The van der Waals surface area contributed by atoms with E-state index in [1.165, 1.54) is 0 Å². The molecule has 0 atom stereocenters. The molecule has 15 heteroatoms. The SMILES string of the molecule is CC(C)(C)COC(=O)CCS.O=C(CCS)OCC(COC(=O)CCS)(COC(=O)CCS)COC(=O)CCS. The van der Waals surface area contributed by atoms with Gasteiger partial charge in [-0.25, -0.2) is 0 Å². The zero-order valence-corrected chi connectivity index (χ0v) is 27.9. The van der Waals surface area contributed by atoms with Crippen LogP contribution in [0.4, 0.5) is 0 Å². The van der Waals surface area contributed by atoms with Crippen LogP contribution in [0, 0.1) is 10.8 Å². The number of hydrogen-bond acceptors (Lipinski definition) is 15. The predicted octanol–water partition coefficient (Wildman–Crippen LogP) is 3.32. The molecule has 0 aliphatic heterocycles. The van der Waals surface area contributed by atoms with Crippen LogP contribution in [0.2, 0.25) is 0 Å². The third kappa shape index (κ3) is 24.9. The maximum absolute atomic E-state index is 11.8. The fraction of sp³-hybridized carbons (Fsp3) is 0.800. The van der Waals surface area contributed by atoms with E-state index < -0.39 is 29.3 Å². The fourth-order valence-electron chi connectivity index (χ4n) is 2.30. The lowest BCUT2D eigenvalue weighted by Gasteiger charge is -2.31. The van der Waals surface area contributed by atoms with Gasteiger partial charge in [-0.05, 0) is 5.41 Å². The van der Waals surface area contributed by atoms with E-state index in [9.17, 15) is 24.0 Å². The quantitative estimate of drug-likeness (QED) is 0.0797. The van der Waals surface area contributed by atoms with Gasteiger partial charge >= 0.3 is 29.8 Å². The van der Waals surface area contributed by atoms with Gasteiger partial charge in [-0.2, -0.15) is 63.1 Å². The molecular formula is C25H44O10S5. The molecule has 0 N–H and O–H groups in total. The van der Waals surface area contributed by atoms with Crippen LogP contribution in [0.1, 0.15) is 52.9 Å². The van der Waals surface area contributed by atoms with Gasteiger partial charge in [-0.15, -0.1) is 0 Å². The van der Waals surface area contributed by atoms with E-state index in [1.54, 1.807) is 0 Å². The largest absolute Gasteiger partial charge is 0.465 e. The molecule has 0 unspecified atom stereocenters. The molecule has 0 aromatic rings. The van der Waals surface area contributed by atoms with E-state index >= 15 is 0 Å². The second-order valence-corrected chi connectivity index (χ2v) is 12.0. The zero-order valence-electron chi connectivity index (χ0n) is 23.4. The summed E-state index contributed by atoms with van der Waals surface area (Å²) >= 11 is 19.8. The molecule has 0 heterocycles. The monoisotopic (exact) mass is 664 g/mol. The number of carbonyl (C=O) groups excluding carboxylic acids is 5. The Hall–Kier alpha value is -0.900. The number of thiol groups is 5. The van der Waals surface area contributed by atoms with Crippen LogP contribution in [0.3, 0.4) is 0 Å². The van der Waals surface area contributed by atoms with Gasteiger partial charge in [0.2, 0.25) is 0 Å². The van der Waals surface area contributed by atoms with E-state index in [0.29, 0.717) is 18.8 Å². The molecule has 234 valence electrons. The fourth-order valence-corrected chi connectivity index (χ4v) is 3.21. The Labute approximate surface area is 265 Å². The maximum atomic E-state index is 11.8. The van der Waals surface area contributed by atoms with Crippen molar-refractivity contribution in [1.82, 2.24) is 0 Å². The molecule has 40 heavy (non-hydrogen) atoms. The Bertz CT molecular complexity index is 665. The van der Waals surface area contributed by atoms with Crippen molar-refractivity contribution >= 4 is 93.0 Å². The molecule has 0 bridgehead atoms. The molecule has 10 nitrogen and oxygen atoms in total. The first kappa shape index (κ1) is 41.2. The van der Waals surface area contributed by atoms with Gasteiger partial charge in [0, 0.05) is 28.8 Å². The molecule has 0 radical (unpaired) electrons. The van der Waals surface area contributed by atoms with E-state index in [1.807, 2.05) is 20.8 Å². The first-order valence-corrected chi connectivity index (χ1v) is 15.8. The highest BCUT2D eigenvalue weighted by Crippen LogP contribution is 2.22. The summed E-state index contributed by atoms with van der Waals surface area (Å²) in [4.78, 5) is 58.0. The Kier molecular flexibility index (Phi) is 25.4. The lowest BCUT2D eigenvalue weighted by molar-refractivity contribution is -0.170. The summed E-state index contributed by atoms with van der Waals surface area (Å²) in [5.74, 6) is -0.577. The number of ether oxygens (including phenoxy) is 5. The minimum absolute atomic E-state index is 0.0618. The lowest BCUT2D eigenvalue weighted by atomic mass is 9.92. The smallest absolute Gasteiger partial charge is 0.306 e. The standard InChI is InChI=1S/C17H28O8S4.C8H16O2S/c18-13(1-5-26)22-9-17(10-23-14(19)2-6-27,11-24-15(20)3-7-28)12-25-16(21)4-8-29;1-8(2,3)6-10-7(9)4-5-11/h26-29H,1-12H2;11H,4-6H2,1-3H3. The Morgan fingerprint density at radius 1 is 0.425 bits per heavy atom. The third-order valence-corrected chi connectivity index (χ3v) is 5.52. The van der Waals surface area contributed by atoms with E-state index in [4.69, 9.17) is 23.7 Å². The molecule has 0 spiro atoms. The van der Waals surface area contributed by atoms with E-state index in [2.05, 4.69) is 63.1 Å². The molecule has 0 fully saturated rings. The van der Waals surface area contributed by atoms with Crippen molar-refractivity contribution < 1.29 is 47.7 Å². The summed E-state index contributed by atoms with van der Waals surface area (Å²) in [5.41, 5.74) is -1.19. The number of hydrogen-bond donors (Lipinski definition) is 5. The van der Waals surface area contributed by atoms with E-state index in [0.717, 1.165) is 0 Å². The molecule has 0 aliphatic carbocycles. The van der Waals surface area contributed by atoms with Gasteiger partial charge in [-0.1, -0.05) is 20.8 Å². The van der Waals surface area contributed by atoms with Gasteiger partial charge in [-0.3, -0.25) is 24.0 Å². The average molecular weight is 665 g/mol. The molecule has 0 rings (SSSR count). The van der Waals surface area contributed by atoms with Crippen molar-refractivity contribution in [2.75, 3.05) is 61.8 Å².